The Bertz CT molecular complexity index is 737. The van der Waals surface area contributed by atoms with Gasteiger partial charge in [-0.15, -0.1) is 0 Å². The topological polar surface area (TPSA) is 66.8 Å². The Morgan fingerprint density at radius 2 is 2.15 bits per heavy atom. The number of phenols is 1. The predicted octanol–water partition coefficient (Wildman–Crippen LogP) is 3.64. The Balaban J connectivity index is 1.57. The van der Waals surface area contributed by atoms with Crippen LogP contribution < -0.4 is 0 Å². The van der Waals surface area contributed by atoms with Crippen LogP contribution in [0.15, 0.2) is 18.2 Å². The second kappa shape index (κ2) is 6.73. The molecule has 4 nitrogen and oxygen atoms in total. The van der Waals surface area contributed by atoms with Crippen molar-refractivity contribution >= 4 is 5.97 Å². The number of carbonyl (C=O) groups is 1. The predicted molar refractivity (Wildman–Crippen MR) is 94.6 cm³/mol. The van der Waals surface area contributed by atoms with Crippen LogP contribution in [-0.2, 0) is 16.0 Å². The van der Waals surface area contributed by atoms with Crippen molar-refractivity contribution in [3.63, 3.8) is 0 Å². The minimum atomic E-state index is -2.69. The molecule has 0 radical (unpaired) electrons. The molecule has 0 bridgehead atoms. The van der Waals surface area contributed by atoms with Crippen LogP contribution in [0.3, 0.4) is 0 Å². The molecule has 4 rings (SSSR count). The normalized spacial score (nSPS) is 37.4. The highest BCUT2D eigenvalue weighted by Gasteiger charge is 2.59. The summed E-state index contributed by atoms with van der Waals surface area (Å²) in [6.07, 6.45) is 0.482. The number of ether oxygens (including phenoxy) is 1. The molecule has 0 saturated heterocycles. The number of carbonyl (C=O) groups excluding carboxylic acids is 1. The number of esters is 1. The van der Waals surface area contributed by atoms with Gasteiger partial charge in [-0.25, -0.2) is 8.78 Å². The summed E-state index contributed by atoms with van der Waals surface area (Å²) in [6.45, 7) is 1.12. The van der Waals surface area contributed by atoms with E-state index in [4.69, 9.17) is 4.74 Å². The molecular formula is C21H26F2O4. The van der Waals surface area contributed by atoms with Crippen molar-refractivity contribution in [3.05, 3.63) is 29.3 Å². The van der Waals surface area contributed by atoms with E-state index in [0.29, 0.717) is 18.3 Å². The summed E-state index contributed by atoms with van der Waals surface area (Å²) in [4.78, 5) is 12.3. The van der Waals surface area contributed by atoms with E-state index in [9.17, 15) is 23.8 Å². The zero-order valence-corrected chi connectivity index (χ0v) is 15.4. The minimum absolute atomic E-state index is 0.164. The Labute approximate surface area is 157 Å². The molecule has 0 heterocycles. The van der Waals surface area contributed by atoms with E-state index in [0.717, 1.165) is 25.7 Å². The van der Waals surface area contributed by atoms with Crippen LogP contribution in [0.1, 0.15) is 49.7 Å². The molecule has 1 aromatic carbocycles. The third-order valence-electron chi connectivity index (χ3n) is 7.37. The molecule has 0 unspecified atom stereocenters. The van der Waals surface area contributed by atoms with E-state index in [2.05, 4.69) is 0 Å². The highest BCUT2D eigenvalue weighted by molar-refractivity contribution is 5.74. The molecule has 2 saturated carbocycles. The van der Waals surface area contributed by atoms with Gasteiger partial charge in [-0.05, 0) is 78.5 Å². The van der Waals surface area contributed by atoms with Crippen LogP contribution in [0.25, 0.3) is 0 Å². The number of aliphatic hydroxyl groups is 1. The summed E-state index contributed by atoms with van der Waals surface area (Å²) in [5, 5.41) is 20.6. The number of hydrogen-bond donors (Lipinski definition) is 2. The number of aromatic hydroxyl groups is 1. The monoisotopic (exact) mass is 380 g/mol. The second-order valence-electron chi connectivity index (χ2n) is 8.65. The van der Waals surface area contributed by atoms with Crippen molar-refractivity contribution in [2.24, 2.45) is 23.2 Å². The maximum Gasteiger partial charge on any atom is 0.311 e. The van der Waals surface area contributed by atoms with E-state index in [1.54, 1.807) is 6.07 Å². The number of halogens is 2. The molecule has 3 aliphatic rings. The van der Waals surface area contributed by atoms with Crippen LogP contribution in [0.5, 0.6) is 5.75 Å². The summed E-state index contributed by atoms with van der Waals surface area (Å²) < 4.78 is 29.5. The maximum absolute atomic E-state index is 12.4. The number of rotatable bonds is 3. The largest absolute Gasteiger partial charge is 0.508 e. The lowest BCUT2D eigenvalue weighted by Gasteiger charge is -2.50. The standard InChI is InChI=1S/C21H26F2O4/c1-21-7-6-14-13-5-3-12(24)8-11(13)2-4-15(14)17(21)9-16(19(21)25)20(26)27-10-18(22)23/h3,5,8,14-19,24-25H,2,4,6-7,9-10H2,1H3/t14-,15-,16-,17+,19+,21+/m1/s1. The van der Waals surface area contributed by atoms with Gasteiger partial charge in [0, 0.05) is 0 Å². The fourth-order valence-electron chi connectivity index (χ4n) is 6.07. The van der Waals surface area contributed by atoms with Gasteiger partial charge in [0.1, 0.15) is 5.75 Å². The molecule has 27 heavy (non-hydrogen) atoms. The smallest absolute Gasteiger partial charge is 0.311 e. The second-order valence-corrected chi connectivity index (χ2v) is 8.65. The molecule has 0 aromatic heterocycles. The van der Waals surface area contributed by atoms with Gasteiger partial charge in [0.25, 0.3) is 6.43 Å². The summed E-state index contributed by atoms with van der Waals surface area (Å²) in [5.41, 5.74) is 2.07. The quantitative estimate of drug-likeness (QED) is 0.786. The molecule has 6 atom stereocenters. The molecule has 1 aromatic rings. The van der Waals surface area contributed by atoms with Crippen LogP contribution in [0.2, 0.25) is 0 Å². The van der Waals surface area contributed by atoms with E-state index >= 15 is 0 Å². The molecule has 2 N–H and O–H groups in total. The maximum atomic E-state index is 12.4. The van der Waals surface area contributed by atoms with Gasteiger partial charge < -0.3 is 14.9 Å². The first-order valence-corrected chi connectivity index (χ1v) is 9.76. The van der Waals surface area contributed by atoms with Crippen molar-refractivity contribution in [2.45, 2.75) is 57.5 Å². The SMILES string of the molecule is C[C@]12CC[C@@H]3c4ccc(O)cc4CC[C@H]3[C@@H]1C[C@@H](C(=O)OCC(F)F)[C@@H]2O. The van der Waals surface area contributed by atoms with Gasteiger partial charge >= 0.3 is 5.97 Å². The van der Waals surface area contributed by atoms with Crippen molar-refractivity contribution in [2.75, 3.05) is 6.61 Å². The summed E-state index contributed by atoms with van der Waals surface area (Å²) in [6, 6.07) is 5.57. The zero-order valence-electron chi connectivity index (χ0n) is 15.4. The van der Waals surface area contributed by atoms with Gasteiger partial charge in [0.2, 0.25) is 0 Å². The average Bonchev–Trinajstić information content (AvgIpc) is 2.91. The highest BCUT2D eigenvalue weighted by Crippen LogP contribution is 2.62. The number of phenolic OH excluding ortho intramolecular Hbond substituents is 1. The lowest BCUT2D eigenvalue weighted by Crippen LogP contribution is -2.45. The molecule has 0 spiro atoms. The highest BCUT2D eigenvalue weighted by atomic mass is 19.3. The van der Waals surface area contributed by atoms with E-state index < -0.39 is 31.0 Å². The molecular weight excluding hydrogens is 354 g/mol. The van der Waals surface area contributed by atoms with Gasteiger partial charge in [-0.2, -0.15) is 0 Å². The van der Waals surface area contributed by atoms with Gasteiger partial charge in [-0.1, -0.05) is 13.0 Å². The summed E-state index contributed by atoms with van der Waals surface area (Å²) >= 11 is 0. The van der Waals surface area contributed by atoms with E-state index in [1.807, 2.05) is 19.1 Å². The minimum Gasteiger partial charge on any atom is -0.508 e. The van der Waals surface area contributed by atoms with E-state index in [-0.39, 0.29) is 17.1 Å². The van der Waals surface area contributed by atoms with Gasteiger partial charge in [0.15, 0.2) is 6.61 Å². The molecule has 0 aliphatic heterocycles. The number of aliphatic hydroxyl groups excluding tert-OH is 1. The van der Waals surface area contributed by atoms with Crippen molar-refractivity contribution in [1.29, 1.82) is 0 Å². The lowest BCUT2D eigenvalue weighted by molar-refractivity contribution is -0.157. The molecule has 6 heteroatoms. The van der Waals surface area contributed by atoms with Gasteiger partial charge in [-0.3, -0.25) is 4.79 Å². The fourth-order valence-corrected chi connectivity index (χ4v) is 6.07. The van der Waals surface area contributed by atoms with Crippen LogP contribution >= 0.6 is 0 Å². The Morgan fingerprint density at radius 1 is 1.37 bits per heavy atom. The first-order valence-electron chi connectivity index (χ1n) is 9.76. The van der Waals surface area contributed by atoms with Crippen molar-refractivity contribution in [3.8, 4) is 5.75 Å². The summed E-state index contributed by atoms with van der Waals surface area (Å²) in [7, 11) is 0. The summed E-state index contributed by atoms with van der Waals surface area (Å²) in [5.74, 6) is -0.267. The molecule has 148 valence electrons. The van der Waals surface area contributed by atoms with Crippen molar-refractivity contribution in [1.82, 2.24) is 0 Å². The van der Waals surface area contributed by atoms with Crippen molar-refractivity contribution < 1.29 is 28.5 Å². The third kappa shape index (κ3) is 3.02. The average molecular weight is 380 g/mol. The Kier molecular flexibility index (Phi) is 4.65. The lowest BCUT2D eigenvalue weighted by atomic mass is 9.55. The van der Waals surface area contributed by atoms with Crippen LogP contribution in [0, 0.1) is 23.2 Å². The molecule has 2 fully saturated rings. The van der Waals surface area contributed by atoms with Gasteiger partial charge in [0.05, 0.1) is 12.0 Å². The number of alkyl halides is 2. The number of aryl methyl sites for hydroxylation is 1. The molecule has 0 amide bonds. The number of benzene rings is 1. The first-order chi connectivity index (χ1) is 12.8. The van der Waals surface area contributed by atoms with E-state index in [1.165, 1.54) is 11.1 Å². The number of hydrogen-bond acceptors (Lipinski definition) is 4. The number of fused-ring (bicyclic) bond motifs is 5. The first kappa shape index (κ1) is 18.7. The zero-order chi connectivity index (χ0) is 19.3. The van der Waals surface area contributed by atoms with Crippen LogP contribution in [-0.4, -0.2) is 35.3 Å². The third-order valence-corrected chi connectivity index (χ3v) is 7.37. The molecule has 3 aliphatic carbocycles. The van der Waals surface area contributed by atoms with Crippen LogP contribution in [0.4, 0.5) is 8.78 Å². The Morgan fingerprint density at radius 3 is 2.89 bits per heavy atom. The fraction of sp³-hybridized carbons (Fsp3) is 0.667. The Hall–Kier alpha value is -1.69.